The molecule has 41 heavy (non-hydrogen) atoms. The van der Waals surface area contributed by atoms with Gasteiger partial charge < -0.3 is 15.0 Å². The van der Waals surface area contributed by atoms with Gasteiger partial charge in [-0.15, -0.1) is 0 Å². The number of methoxy groups -OCH3 is 1. The van der Waals surface area contributed by atoms with Crippen LogP contribution >= 0.6 is 0 Å². The van der Waals surface area contributed by atoms with Crippen molar-refractivity contribution < 1.29 is 22.7 Å². The van der Waals surface area contributed by atoms with Gasteiger partial charge in [-0.2, -0.15) is 0 Å². The third-order valence-corrected chi connectivity index (χ3v) is 8.57. The molecule has 1 atom stereocenters. The van der Waals surface area contributed by atoms with E-state index in [1.807, 2.05) is 61.5 Å². The smallest absolute Gasteiger partial charge is 0.244 e. The van der Waals surface area contributed by atoms with E-state index in [0.717, 1.165) is 52.9 Å². The van der Waals surface area contributed by atoms with Gasteiger partial charge >= 0.3 is 0 Å². The van der Waals surface area contributed by atoms with Gasteiger partial charge in [0.15, 0.2) is 0 Å². The topological polar surface area (TPSA) is 96.0 Å². The Morgan fingerprint density at radius 3 is 2.27 bits per heavy atom. The number of amides is 2. The van der Waals surface area contributed by atoms with Crippen molar-refractivity contribution in [2.45, 2.75) is 57.7 Å². The maximum atomic E-state index is 14.2. The molecule has 1 N–H and O–H groups in total. The van der Waals surface area contributed by atoms with Crippen LogP contribution in [0.2, 0.25) is 0 Å². The second kappa shape index (κ2) is 13.7. The van der Waals surface area contributed by atoms with Gasteiger partial charge in [-0.3, -0.25) is 13.9 Å². The molecule has 218 valence electrons. The van der Waals surface area contributed by atoms with Crippen molar-refractivity contribution in [2.75, 3.05) is 24.2 Å². The quantitative estimate of drug-likeness (QED) is 0.343. The molecule has 3 aromatic rings. The molecule has 8 nitrogen and oxygen atoms in total. The molecule has 9 heteroatoms. The van der Waals surface area contributed by atoms with E-state index in [0.29, 0.717) is 12.2 Å². The Labute approximate surface area is 243 Å². The maximum Gasteiger partial charge on any atom is 0.244 e. The molecule has 0 aliphatic heterocycles. The van der Waals surface area contributed by atoms with Gasteiger partial charge in [0.1, 0.15) is 18.3 Å². The summed E-state index contributed by atoms with van der Waals surface area (Å²) in [7, 11) is -2.42. The number of nitrogens with one attached hydrogen (secondary N) is 1. The first-order valence-corrected chi connectivity index (χ1v) is 15.8. The van der Waals surface area contributed by atoms with Crippen LogP contribution in [0.15, 0.2) is 78.9 Å². The fraction of sp³-hybridized carbons (Fsp3) is 0.375. The summed E-state index contributed by atoms with van der Waals surface area (Å²) >= 11 is 0. The van der Waals surface area contributed by atoms with Gasteiger partial charge in [0.05, 0.1) is 19.1 Å². The highest BCUT2D eigenvalue weighted by Crippen LogP contribution is 2.30. The summed E-state index contributed by atoms with van der Waals surface area (Å²) in [6.07, 6.45) is 5.29. The second-order valence-electron chi connectivity index (χ2n) is 10.6. The lowest BCUT2D eigenvalue weighted by molar-refractivity contribution is -0.140. The number of ether oxygens (including phenoxy) is 1. The fourth-order valence-electron chi connectivity index (χ4n) is 5.36. The van der Waals surface area contributed by atoms with Crippen molar-refractivity contribution in [3.63, 3.8) is 0 Å². The standard InChI is InChI=1S/C32H39N3O5S/c1-24-12-11-15-26(20-24)22-34(31(36)23-35(41(3,38)39)28-18-9-10-19-30(28)40-2)29(21-25-13-5-4-6-14-25)32(37)33-27-16-7-8-17-27/h4-6,9-15,18-20,27,29H,7-8,16-17,21-23H2,1-3H3,(H,33,37). The Morgan fingerprint density at radius 1 is 0.951 bits per heavy atom. The Bertz CT molecular complexity index is 1440. The number of anilines is 1. The van der Waals surface area contributed by atoms with Gasteiger partial charge in [0.2, 0.25) is 21.8 Å². The maximum absolute atomic E-state index is 14.2. The van der Waals surface area contributed by atoms with Crippen LogP contribution in [0.5, 0.6) is 5.75 Å². The molecule has 0 saturated heterocycles. The lowest BCUT2D eigenvalue weighted by atomic mass is 10.0. The molecule has 0 bridgehead atoms. The van der Waals surface area contributed by atoms with Crippen LogP contribution in [0, 0.1) is 6.92 Å². The molecule has 1 aliphatic carbocycles. The van der Waals surface area contributed by atoms with Gasteiger partial charge in [-0.05, 0) is 43.0 Å². The first kappa shape index (κ1) is 30.1. The molecule has 0 radical (unpaired) electrons. The number of carbonyl (C=O) groups excluding carboxylic acids is 2. The van der Waals surface area contributed by atoms with Crippen LogP contribution in [-0.4, -0.2) is 57.1 Å². The molecule has 4 rings (SSSR count). The molecule has 1 aliphatic rings. The molecule has 1 unspecified atom stereocenters. The van der Waals surface area contributed by atoms with Crippen molar-refractivity contribution >= 4 is 27.5 Å². The fourth-order valence-corrected chi connectivity index (χ4v) is 6.21. The molecule has 0 spiro atoms. The van der Waals surface area contributed by atoms with Gasteiger partial charge in [-0.25, -0.2) is 8.42 Å². The zero-order chi connectivity index (χ0) is 29.4. The Hall–Kier alpha value is -3.85. The Balaban J connectivity index is 1.74. The number of sulfonamides is 1. The number of aryl methyl sites for hydroxylation is 1. The van der Waals surface area contributed by atoms with E-state index in [1.165, 1.54) is 12.0 Å². The first-order valence-electron chi connectivity index (χ1n) is 14.0. The molecular weight excluding hydrogens is 538 g/mol. The van der Waals surface area contributed by atoms with Gasteiger partial charge in [0, 0.05) is 19.0 Å². The average Bonchev–Trinajstić information content (AvgIpc) is 3.46. The third kappa shape index (κ3) is 8.10. The lowest BCUT2D eigenvalue weighted by Gasteiger charge is -2.34. The Kier molecular flexibility index (Phi) is 10.0. The molecule has 2 amide bonds. The van der Waals surface area contributed by atoms with Crippen LogP contribution in [0.3, 0.4) is 0 Å². The molecule has 1 fully saturated rings. The number of hydrogen-bond acceptors (Lipinski definition) is 5. The second-order valence-corrected chi connectivity index (χ2v) is 12.6. The summed E-state index contributed by atoms with van der Waals surface area (Å²) in [5, 5.41) is 3.18. The number of hydrogen-bond donors (Lipinski definition) is 1. The average molecular weight is 578 g/mol. The highest BCUT2D eigenvalue weighted by Gasteiger charge is 2.34. The Morgan fingerprint density at radius 2 is 1.61 bits per heavy atom. The van der Waals surface area contributed by atoms with Crippen LogP contribution < -0.4 is 14.4 Å². The van der Waals surface area contributed by atoms with E-state index in [-0.39, 0.29) is 24.2 Å². The molecular formula is C32H39N3O5S. The van der Waals surface area contributed by atoms with Crippen molar-refractivity contribution in [2.24, 2.45) is 0 Å². The summed E-state index contributed by atoms with van der Waals surface area (Å²) in [6.45, 7) is 1.64. The van der Waals surface area contributed by atoms with E-state index in [9.17, 15) is 18.0 Å². The van der Waals surface area contributed by atoms with E-state index in [1.54, 1.807) is 24.3 Å². The zero-order valence-electron chi connectivity index (χ0n) is 24.0. The number of nitrogens with zero attached hydrogens (tertiary/aromatic N) is 2. The minimum Gasteiger partial charge on any atom is -0.495 e. The van der Waals surface area contributed by atoms with E-state index in [2.05, 4.69) is 5.32 Å². The summed E-state index contributed by atoms with van der Waals surface area (Å²) in [5.74, 6) is -0.383. The zero-order valence-corrected chi connectivity index (χ0v) is 24.8. The van der Waals surface area contributed by atoms with Crippen LogP contribution in [0.1, 0.15) is 42.4 Å². The normalized spacial score (nSPS) is 14.3. The minimum absolute atomic E-state index is 0.0674. The number of benzene rings is 3. The van der Waals surface area contributed by atoms with Gasteiger partial charge in [-0.1, -0.05) is 85.1 Å². The third-order valence-electron chi connectivity index (χ3n) is 7.44. The predicted molar refractivity (Wildman–Crippen MR) is 161 cm³/mol. The highest BCUT2D eigenvalue weighted by atomic mass is 32.2. The SMILES string of the molecule is COc1ccccc1N(CC(=O)N(Cc1cccc(C)c1)C(Cc1ccccc1)C(=O)NC1CCCC1)S(C)(=O)=O. The first-order chi connectivity index (χ1) is 19.7. The summed E-state index contributed by atoms with van der Waals surface area (Å²) < 4.78 is 32.5. The lowest BCUT2D eigenvalue weighted by Crippen LogP contribution is -2.54. The molecule has 0 heterocycles. The van der Waals surface area contributed by atoms with Crippen molar-refractivity contribution in [3.8, 4) is 5.75 Å². The van der Waals surface area contributed by atoms with Crippen LogP contribution in [0.4, 0.5) is 5.69 Å². The molecule has 0 aromatic heterocycles. The van der Waals surface area contributed by atoms with E-state index >= 15 is 0 Å². The van der Waals surface area contributed by atoms with Crippen molar-refractivity contribution in [3.05, 3.63) is 95.6 Å². The number of rotatable bonds is 12. The predicted octanol–water partition coefficient (Wildman–Crippen LogP) is 4.47. The molecule has 1 saturated carbocycles. The summed E-state index contributed by atoms with van der Waals surface area (Å²) in [5.41, 5.74) is 3.05. The van der Waals surface area contributed by atoms with Crippen LogP contribution in [-0.2, 0) is 32.6 Å². The monoisotopic (exact) mass is 577 g/mol. The van der Waals surface area contributed by atoms with Gasteiger partial charge in [0.25, 0.3) is 0 Å². The highest BCUT2D eigenvalue weighted by molar-refractivity contribution is 7.92. The van der Waals surface area contributed by atoms with E-state index < -0.39 is 28.5 Å². The minimum atomic E-state index is -3.88. The summed E-state index contributed by atoms with van der Waals surface area (Å²) in [4.78, 5) is 29.7. The van der Waals surface area contributed by atoms with Crippen LogP contribution in [0.25, 0.3) is 0 Å². The van der Waals surface area contributed by atoms with E-state index in [4.69, 9.17) is 4.74 Å². The number of para-hydroxylation sites is 2. The molecule has 3 aromatic carbocycles. The number of carbonyl (C=O) groups is 2. The van der Waals surface area contributed by atoms with Crippen molar-refractivity contribution in [1.29, 1.82) is 0 Å². The summed E-state index contributed by atoms with van der Waals surface area (Å²) in [6, 6.07) is 23.3. The van der Waals surface area contributed by atoms with Crippen molar-refractivity contribution in [1.82, 2.24) is 10.2 Å². The largest absolute Gasteiger partial charge is 0.495 e.